The van der Waals surface area contributed by atoms with Crippen LogP contribution < -0.4 is 21.3 Å². The number of carbonyl (C=O) groups is 1. The Morgan fingerprint density at radius 3 is 2.55 bits per heavy atom. The van der Waals surface area contributed by atoms with Crippen molar-refractivity contribution in [3.8, 4) is 5.75 Å². The van der Waals surface area contributed by atoms with Gasteiger partial charge in [0.15, 0.2) is 0 Å². The molecule has 0 spiro atoms. The SMILES string of the molecule is CCn1c(=O)c2ccccc2n(CC(=O)NC2CCN(Cc3cccc(OC)c3)CC2)c1=O. The normalized spacial score (nSPS) is 15.0. The highest BCUT2D eigenvalue weighted by atomic mass is 16.5. The fourth-order valence-electron chi connectivity index (χ4n) is 4.48. The standard InChI is InChI=1S/C25H30N4O4/c1-3-28-24(31)21-9-4-5-10-22(21)29(25(28)32)17-23(30)26-19-11-13-27(14-12-19)16-18-7-6-8-20(15-18)33-2/h4-10,15,19H,3,11-14,16-17H2,1-2H3,(H,26,30). The molecule has 8 nitrogen and oxygen atoms in total. The maximum absolute atomic E-state index is 12.9. The van der Waals surface area contributed by atoms with Crippen molar-refractivity contribution in [1.29, 1.82) is 0 Å². The number of hydrogen-bond donors (Lipinski definition) is 1. The number of fused-ring (bicyclic) bond motifs is 1. The first kappa shape index (κ1) is 22.8. The molecule has 2 heterocycles. The van der Waals surface area contributed by atoms with E-state index in [1.54, 1.807) is 38.3 Å². The van der Waals surface area contributed by atoms with Crippen molar-refractivity contribution in [3.05, 3.63) is 74.9 Å². The van der Waals surface area contributed by atoms with Crippen LogP contribution in [0.15, 0.2) is 58.1 Å². The summed E-state index contributed by atoms with van der Waals surface area (Å²) in [5, 5.41) is 3.52. The molecule has 0 unspecified atom stereocenters. The first-order valence-corrected chi connectivity index (χ1v) is 11.4. The number of amides is 1. The Labute approximate surface area is 192 Å². The lowest BCUT2D eigenvalue weighted by atomic mass is 10.0. The molecule has 0 saturated carbocycles. The van der Waals surface area contributed by atoms with Crippen molar-refractivity contribution in [2.75, 3.05) is 20.2 Å². The number of nitrogens with zero attached hydrogens (tertiary/aromatic N) is 3. The second kappa shape index (κ2) is 10.0. The molecule has 3 aromatic rings. The van der Waals surface area contributed by atoms with Gasteiger partial charge in [0.25, 0.3) is 5.56 Å². The number of piperidine rings is 1. The average molecular weight is 451 g/mol. The molecular formula is C25H30N4O4. The van der Waals surface area contributed by atoms with Crippen molar-refractivity contribution in [2.24, 2.45) is 0 Å². The predicted molar refractivity (Wildman–Crippen MR) is 128 cm³/mol. The maximum atomic E-state index is 12.9. The van der Waals surface area contributed by atoms with Crippen molar-refractivity contribution in [2.45, 2.75) is 45.4 Å². The van der Waals surface area contributed by atoms with Crippen LogP contribution in [0.4, 0.5) is 0 Å². The van der Waals surface area contributed by atoms with Gasteiger partial charge in [-0.25, -0.2) is 4.79 Å². The molecule has 33 heavy (non-hydrogen) atoms. The fraction of sp³-hybridized carbons (Fsp3) is 0.400. The number of nitrogens with one attached hydrogen (secondary N) is 1. The zero-order valence-corrected chi connectivity index (χ0v) is 19.1. The van der Waals surface area contributed by atoms with Crippen molar-refractivity contribution < 1.29 is 9.53 Å². The summed E-state index contributed by atoms with van der Waals surface area (Å²) < 4.78 is 7.87. The summed E-state index contributed by atoms with van der Waals surface area (Å²) in [6, 6.07) is 15.1. The molecule has 1 aliphatic heterocycles. The summed E-state index contributed by atoms with van der Waals surface area (Å²) in [4.78, 5) is 40.6. The van der Waals surface area contributed by atoms with Crippen LogP contribution in [0.5, 0.6) is 5.75 Å². The number of methoxy groups -OCH3 is 1. The molecule has 1 aliphatic rings. The highest BCUT2D eigenvalue weighted by Crippen LogP contribution is 2.18. The average Bonchev–Trinajstić information content (AvgIpc) is 2.83. The number of rotatable bonds is 7. The molecule has 1 fully saturated rings. The Kier molecular flexibility index (Phi) is 6.93. The van der Waals surface area contributed by atoms with E-state index in [0.29, 0.717) is 10.9 Å². The number of likely N-dealkylation sites (tertiary alicyclic amines) is 1. The monoisotopic (exact) mass is 450 g/mol. The number of aromatic nitrogens is 2. The van der Waals surface area contributed by atoms with Gasteiger partial charge in [-0.3, -0.25) is 23.6 Å². The fourth-order valence-corrected chi connectivity index (χ4v) is 4.48. The van der Waals surface area contributed by atoms with Gasteiger partial charge in [-0.05, 0) is 49.6 Å². The highest BCUT2D eigenvalue weighted by Gasteiger charge is 2.22. The smallest absolute Gasteiger partial charge is 0.331 e. The van der Waals surface area contributed by atoms with Crippen molar-refractivity contribution in [3.63, 3.8) is 0 Å². The summed E-state index contributed by atoms with van der Waals surface area (Å²) in [6.07, 6.45) is 1.69. The minimum absolute atomic E-state index is 0.0677. The van der Waals surface area contributed by atoms with E-state index in [0.717, 1.165) is 38.2 Å². The maximum Gasteiger partial charge on any atom is 0.331 e. The highest BCUT2D eigenvalue weighted by molar-refractivity contribution is 5.81. The molecule has 1 N–H and O–H groups in total. The Morgan fingerprint density at radius 1 is 1.06 bits per heavy atom. The van der Waals surface area contributed by atoms with Gasteiger partial charge < -0.3 is 10.1 Å². The number of para-hydroxylation sites is 1. The van der Waals surface area contributed by atoms with Gasteiger partial charge in [0.2, 0.25) is 5.91 Å². The second-order valence-electron chi connectivity index (χ2n) is 8.40. The van der Waals surface area contributed by atoms with Gasteiger partial charge >= 0.3 is 5.69 Å². The molecular weight excluding hydrogens is 420 g/mol. The van der Waals surface area contributed by atoms with Crippen LogP contribution in [-0.2, 0) is 24.4 Å². The van der Waals surface area contributed by atoms with Crippen LogP contribution in [0.2, 0.25) is 0 Å². The van der Waals surface area contributed by atoms with Crippen LogP contribution in [0, 0.1) is 0 Å². The molecule has 0 radical (unpaired) electrons. The molecule has 0 atom stereocenters. The van der Waals surface area contributed by atoms with Gasteiger partial charge in [-0.2, -0.15) is 0 Å². The third-order valence-electron chi connectivity index (χ3n) is 6.24. The second-order valence-corrected chi connectivity index (χ2v) is 8.40. The van der Waals surface area contributed by atoms with E-state index >= 15 is 0 Å². The lowest BCUT2D eigenvalue weighted by Gasteiger charge is -2.32. The lowest BCUT2D eigenvalue weighted by Crippen LogP contribution is -2.47. The minimum Gasteiger partial charge on any atom is -0.497 e. The third-order valence-corrected chi connectivity index (χ3v) is 6.24. The van der Waals surface area contributed by atoms with Gasteiger partial charge in [0.05, 0.1) is 18.0 Å². The van der Waals surface area contributed by atoms with E-state index in [4.69, 9.17) is 4.74 Å². The number of benzene rings is 2. The first-order valence-electron chi connectivity index (χ1n) is 11.4. The van der Waals surface area contributed by atoms with Gasteiger partial charge in [0, 0.05) is 32.2 Å². The number of ether oxygens (including phenoxy) is 1. The van der Waals surface area contributed by atoms with Crippen molar-refractivity contribution >= 4 is 16.8 Å². The van der Waals surface area contributed by atoms with Gasteiger partial charge in [0.1, 0.15) is 12.3 Å². The molecule has 4 rings (SSSR count). The Hall–Kier alpha value is -3.39. The Morgan fingerprint density at radius 2 is 1.82 bits per heavy atom. The lowest BCUT2D eigenvalue weighted by molar-refractivity contribution is -0.122. The van der Waals surface area contributed by atoms with E-state index in [-0.39, 0.29) is 30.6 Å². The minimum atomic E-state index is -0.454. The topological polar surface area (TPSA) is 85.6 Å². The van der Waals surface area contributed by atoms with Gasteiger partial charge in [-0.1, -0.05) is 24.3 Å². The molecule has 0 aliphatic carbocycles. The molecule has 2 aromatic carbocycles. The van der Waals surface area contributed by atoms with E-state index < -0.39 is 5.69 Å². The van der Waals surface area contributed by atoms with E-state index in [9.17, 15) is 14.4 Å². The summed E-state index contributed by atoms with van der Waals surface area (Å²) in [5.41, 5.74) is 0.914. The van der Waals surface area contributed by atoms with Crippen LogP contribution in [-0.4, -0.2) is 46.2 Å². The number of carbonyl (C=O) groups excluding carboxylic acids is 1. The predicted octanol–water partition coefficient (Wildman–Crippen LogP) is 1.97. The zero-order valence-electron chi connectivity index (χ0n) is 19.1. The first-order chi connectivity index (χ1) is 16.0. The van der Waals surface area contributed by atoms with Crippen LogP contribution >= 0.6 is 0 Å². The molecule has 174 valence electrons. The van der Waals surface area contributed by atoms with E-state index in [1.807, 2.05) is 18.2 Å². The van der Waals surface area contributed by atoms with E-state index in [2.05, 4.69) is 16.3 Å². The summed E-state index contributed by atoms with van der Waals surface area (Å²) in [7, 11) is 1.67. The molecule has 1 amide bonds. The zero-order chi connectivity index (χ0) is 23.4. The van der Waals surface area contributed by atoms with Crippen LogP contribution in [0.3, 0.4) is 0 Å². The molecule has 0 bridgehead atoms. The Bertz CT molecular complexity index is 1260. The summed E-state index contributed by atoms with van der Waals surface area (Å²) in [5.74, 6) is 0.640. The Balaban J connectivity index is 1.39. The quantitative estimate of drug-likeness (QED) is 0.595. The van der Waals surface area contributed by atoms with E-state index in [1.165, 1.54) is 14.7 Å². The molecule has 1 aromatic heterocycles. The summed E-state index contributed by atoms with van der Waals surface area (Å²) >= 11 is 0. The third kappa shape index (κ3) is 5.01. The van der Waals surface area contributed by atoms with Crippen LogP contribution in [0.1, 0.15) is 25.3 Å². The largest absolute Gasteiger partial charge is 0.497 e. The van der Waals surface area contributed by atoms with Crippen LogP contribution in [0.25, 0.3) is 10.9 Å². The van der Waals surface area contributed by atoms with Gasteiger partial charge in [-0.15, -0.1) is 0 Å². The van der Waals surface area contributed by atoms with Crippen molar-refractivity contribution in [1.82, 2.24) is 19.4 Å². The molecule has 8 heteroatoms. The summed E-state index contributed by atoms with van der Waals surface area (Å²) in [6.45, 7) is 4.51. The number of hydrogen-bond acceptors (Lipinski definition) is 5. The molecule has 1 saturated heterocycles.